The third kappa shape index (κ3) is 1.51. The first kappa shape index (κ1) is 8.06. The quantitative estimate of drug-likeness (QED) is 0.568. The van der Waals surface area contributed by atoms with E-state index < -0.39 is 0 Å². The normalized spacial score (nSPS) is 24.9. The molecule has 0 spiro atoms. The number of hydrogen-bond donors (Lipinski definition) is 0. The molecule has 0 saturated carbocycles. The molecule has 0 N–H and O–H groups in total. The topological polar surface area (TPSA) is 3.24 Å². The largest absolute Gasteiger partial charge is 0.300 e. The minimum atomic E-state index is 0.788. The zero-order valence-corrected chi connectivity index (χ0v) is 7.59. The zero-order valence-electron chi connectivity index (χ0n) is 7.59. The zero-order chi connectivity index (χ0) is 7.72. The summed E-state index contributed by atoms with van der Waals surface area (Å²) in [6, 6.07) is 0.788. The molecule has 1 fully saturated rings. The lowest BCUT2D eigenvalue weighted by Gasteiger charge is -2.43. The molecule has 60 valence electrons. The van der Waals surface area contributed by atoms with E-state index in [0.717, 1.165) is 17.9 Å². The van der Waals surface area contributed by atoms with Gasteiger partial charge >= 0.3 is 0 Å². The predicted molar refractivity (Wildman–Crippen MR) is 45.0 cm³/mol. The van der Waals surface area contributed by atoms with Crippen LogP contribution in [-0.4, -0.2) is 24.0 Å². The Morgan fingerprint density at radius 2 is 1.70 bits per heavy atom. The van der Waals surface area contributed by atoms with Crippen molar-refractivity contribution in [3.05, 3.63) is 0 Å². The number of nitrogens with zero attached hydrogens (tertiary/aromatic N) is 1. The van der Waals surface area contributed by atoms with Crippen LogP contribution in [0.3, 0.4) is 0 Å². The van der Waals surface area contributed by atoms with Crippen molar-refractivity contribution >= 4 is 0 Å². The van der Waals surface area contributed by atoms with Crippen LogP contribution >= 0.6 is 0 Å². The number of likely N-dealkylation sites (tertiary alicyclic amines) is 1. The summed E-state index contributed by atoms with van der Waals surface area (Å²) in [5.41, 5.74) is 0. The molecule has 0 amide bonds. The van der Waals surface area contributed by atoms with Gasteiger partial charge in [-0.25, -0.2) is 0 Å². The Hall–Kier alpha value is -0.0400. The van der Waals surface area contributed by atoms with Gasteiger partial charge < -0.3 is 0 Å². The highest BCUT2D eigenvalue weighted by Gasteiger charge is 2.27. The summed E-state index contributed by atoms with van der Waals surface area (Å²) in [7, 11) is 0. The maximum atomic E-state index is 2.56. The van der Waals surface area contributed by atoms with E-state index in [0.29, 0.717) is 0 Å². The molecule has 0 bridgehead atoms. The Labute approximate surface area is 64.4 Å². The van der Waals surface area contributed by atoms with E-state index >= 15 is 0 Å². The highest BCUT2D eigenvalue weighted by molar-refractivity contribution is 4.81. The second-order valence-corrected chi connectivity index (χ2v) is 4.04. The lowest BCUT2D eigenvalue weighted by Crippen LogP contribution is -2.51. The first-order valence-electron chi connectivity index (χ1n) is 4.35. The molecular weight excluding hydrogens is 122 g/mol. The van der Waals surface area contributed by atoms with Crippen LogP contribution in [0, 0.1) is 11.8 Å². The third-order valence-electron chi connectivity index (χ3n) is 2.63. The summed E-state index contributed by atoms with van der Waals surface area (Å²) in [5.74, 6) is 1.76. The summed E-state index contributed by atoms with van der Waals surface area (Å²) < 4.78 is 0. The highest BCUT2D eigenvalue weighted by Crippen LogP contribution is 2.21. The average molecular weight is 141 g/mol. The molecular formula is C9H19N. The maximum absolute atomic E-state index is 2.56. The van der Waals surface area contributed by atoms with Gasteiger partial charge in [-0.2, -0.15) is 0 Å². The first-order valence-corrected chi connectivity index (χ1v) is 4.35. The molecule has 10 heavy (non-hydrogen) atoms. The van der Waals surface area contributed by atoms with Crippen molar-refractivity contribution in [3.8, 4) is 0 Å². The van der Waals surface area contributed by atoms with Gasteiger partial charge in [-0.15, -0.1) is 0 Å². The smallest absolute Gasteiger partial charge is 0.00901 e. The van der Waals surface area contributed by atoms with E-state index in [4.69, 9.17) is 0 Å². The fraction of sp³-hybridized carbons (Fsp3) is 1.00. The van der Waals surface area contributed by atoms with E-state index in [1.54, 1.807) is 0 Å². The summed E-state index contributed by atoms with van der Waals surface area (Å²) in [4.78, 5) is 2.56. The van der Waals surface area contributed by atoms with Crippen molar-refractivity contribution in [2.24, 2.45) is 11.8 Å². The van der Waals surface area contributed by atoms with Crippen molar-refractivity contribution < 1.29 is 0 Å². The van der Waals surface area contributed by atoms with Gasteiger partial charge in [-0.3, -0.25) is 4.90 Å². The van der Waals surface area contributed by atoms with Crippen LogP contribution in [0.15, 0.2) is 0 Å². The lowest BCUT2D eigenvalue weighted by molar-refractivity contribution is 0.0493. The fourth-order valence-electron chi connectivity index (χ4n) is 1.50. The van der Waals surface area contributed by atoms with Crippen LogP contribution in [0.1, 0.15) is 27.7 Å². The fourth-order valence-corrected chi connectivity index (χ4v) is 1.50. The molecule has 0 aromatic carbocycles. The molecule has 0 aromatic rings. The molecule has 0 radical (unpaired) electrons. The Morgan fingerprint density at radius 3 is 2.00 bits per heavy atom. The van der Waals surface area contributed by atoms with E-state index in [2.05, 4.69) is 32.6 Å². The Balaban J connectivity index is 2.24. The van der Waals surface area contributed by atoms with E-state index in [1.165, 1.54) is 13.1 Å². The summed E-state index contributed by atoms with van der Waals surface area (Å²) >= 11 is 0. The van der Waals surface area contributed by atoms with Gasteiger partial charge in [0.2, 0.25) is 0 Å². The van der Waals surface area contributed by atoms with Gasteiger partial charge in [-0.1, -0.05) is 20.8 Å². The molecule has 1 atom stereocenters. The molecule has 1 aliphatic heterocycles. The number of rotatable bonds is 2. The number of hydrogen-bond acceptors (Lipinski definition) is 1. The maximum Gasteiger partial charge on any atom is 0.00901 e. The van der Waals surface area contributed by atoms with E-state index in [9.17, 15) is 0 Å². The van der Waals surface area contributed by atoms with Crippen LogP contribution in [0.5, 0.6) is 0 Å². The third-order valence-corrected chi connectivity index (χ3v) is 2.63. The van der Waals surface area contributed by atoms with Crippen molar-refractivity contribution in [2.45, 2.75) is 33.7 Å². The lowest BCUT2D eigenvalue weighted by atomic mass is 9.95. The standard InChI is InChI=1S/C9H19N/c1-7(2)9(4)10-5-8(3)6-10/h7-9H,5-6H2,1-4H3/t9-/m0/s1. The SMILES string of the molecule is CC1CN([C@@H](C)C(C)C)C1. The first-order chi connectivity index (χ1) is 4.61. The molecule has 0 aromatic heterocycles. The minimum absolute atomic E-state index is 0.788. The second-order valence-electron chi connectivity index (χ2n) is 4.04. The van der Waals surface area contributed by atoms with Gasteiger partial charge in [0.15, 0.2) is 0 Å². The predicted octanol–water partition coefficient (Wildman–Crippen LogP) is 1.98. The molecule has 1 heteroatoms. The molecule has 0 aliphatic carbocycles. The average Bonchev–Trinajstić information content (AvgIpc) is 1.79. The Kier molecular flexibility index (Phi) is 2.35. The monoisotopic (exact) mass is 141 g/mol. The van der Waals surface area contributed by atoms with Crippen LogP contribution < -0.4 is 0 Å². The van der Waals surface area contributed by atoms with E-state index in [1.807, 2.05) is 0 Å². The molecule has 0 unspecified atom stereocenters. The minimum Gasteiger partial charge on any atom is -0.300 e. The van der Waals surface area contributed by atoms with Gasteiger partial charge in [-0.05, 0) is 18.8 Å². The second kappa shape index (κ2) is 2.91. The Morgan fingerprint density at radius 1 is 1.20 bits per heavy atom. The van der Waals surface area contributed by atoms with Crippen LogP contribution in [0.2, 0.25) is 0 Å². The summed E-state index contributed by atoms with van der Waals surface area (Å²) in [5, 5.41) is 0. The van der Waals surface area contributed by atoms with E-state index in [-0.39, 0.29) is 0 Å². The van der Waals surface area contributed by atoms with Gasteiger partial charge in [0.05, 0.1) is 0 Å². The van der Waals surface area contributed by atoms with Crippen LogP contribution in [0.4, 0.5) is 0 Å². The van der Waals surface area contributed by atoms with Crippen molar-refractivity contribution in [1.29, 1.82) is 0 Å². The molecule has 1 heterocycles. The summed E-state index contributed by atoms with van der Waals surface area (Å²) in [6.45, 7) is 11.9. The van der Waals surface area contributed by atoms with Crippen LogP contribution in [0.25, 0.3) is 0 Å². The van der Waals surface area contributed by atoms with Gasteiger partial charge in [0.25, 0.3) is 0 Å². The highest BCUT2D eigenvalue weighted by atomic mass is 15.2. The van der Waals surface area contributed by atoms with Crippen molar-refractivity contribution in [3.63, 3.8) is 0 Å². The molecule has 1 aliphatic rings. The molecule has 1 nitrogen and oxygen atoms in total. The van der Waals surface area contributed by atoms with Gasteiger partial charge in [0.1, 0.15) is 0 Å². The van der Waals surface area contributed by atoms with Crippen molar-refractivity contribution in [2.75, 3.05) is 13.1 Å². The van der Waals surface area contributed by atoms with Crippen molar-refractivity contribution in [1.82, 2.24) is 4.90 Å². The van der Waals surface area contributed by atoms with Gasteiger partial charge in [0, 0.05) is 19.1 Å². The molecule has 1 rings (SSSR count). The summed E-state index contributed by atoms with van der Waals surface area (Å²) in [6.07, 6.45) is 0. The Bertz CT molecular complexity index is 103. The molecule has 1 saturated heterocycles. The van der Waals surface area contributed by atoms with Crippen LogP contribution in [-0.2, 0) is 0 Å².